The summed E-state index contributed by atoms with van der Waals surface area (Å²) in [6, 6.07) is 7.28. The van der Waals surface area contributed by atoms with Crippen molar-refractivity contribution in [3.8, 4) is 0 Å². The second-order valence-electron chi connectivity index (χ2n) is 6.43. The normalized spacial score (nSPS) is 14.4. The zero-order valence-corrected chi connectivity index (χ0v) is 13.8. The van der Waals surface area contributed by atoms with Crippen molar-refractivity contribution in [1.29, 1.82) is 0 Å². The molecule has 0 unspecified atom stereocenters. The highest BCUT2D eigenvalue weighted by Crippen LogP contribution is 2.34. The molecule has 1 fully saturated rings. The van der Waals surface area contributed by atoms with Gasteiger partial charge in [0.25, 0.3) is 6.43 Å². The molecule has 1 aliphatic rings. The first-order valence-electron chi connectivity index (χ1n) is 8.25. The molecule has 1 saturated carbocycles. The Morgan fingerprint density at radius 3 is 2.72 bits per heavy atom. The Hall–Kier alpha value is -2.64. The molecule has 2 heterocycles. The van der Waals surface area contributed by atoms with E-state index < -0.39 is 12.2 Å². The number of anilines is 1. The molecule has 0 saturated heterocycles. The molecule has 0 bridgehead atoms. The molecule has 0 aliphatic heterocycles. The predicted octanol–water partition coefficient (Wildman–Crippen LogP) is 3.11. The van der Waals surface area contributed by atoms with Gasteiger partial charge < -0.3 is 4.90 Å². The highest BCUT2D eigenvalue weighted by molar-refractivity contribution is 5.89. The molecule has 6 nitrogen and oxygen atoms in total. The van der Waals surface area contributed by atoms with Crippen molar-refractivity contribution in [2.75, 3.05) is 11.4 Å². The summed E-state index contributed by atoms with van der Waals surface area (Å²) < 4.78 is 28.2. The first kappa shape index (κ1) is 15.9. The smallest absolute Gasteiger partial charge is 0.297 e. The number of para-hydroxylation sites is 1. The number of hydrogen-bond donors (Lipinski definition) is 0. The number of rotatable bonds is 6. The van der Waals surface area contributed by atoms with Crippen LogP contribution in [0.1, 0.15) is 30.8 Å². The van der Waals surface area contributed by atoms with Gasteiger partial charge in [-0.2, -0.15) is 0 Å². The Morgan fingerprint density at radius 2 is 2.04 bits per heavy atom. The first-order chi connectivity index (χ1) is 12.1. The van der Waals surface area contributed by atoms with Gasteiger partial charge in [0.1, 0.15) is 11.5 Å². The van der Waals surface area contributed by atoms with Crippen molar-refractivity contribution in [2.45, 2.75) is 25.8 Å². The molecule has 1 aromatic carbocycles. The Morgan fingerprint density at radius 1 is 1.24 bits per heavy atom. The van der Waals surface area contributed by atoms with Crippen molar-refractivity contribution in [3.63, 3.8) is 0 Å². The maximum Gasteiger partial charge on any atom is 0.297 e. The molecule has 25 heavy (non-hydrogen) atoms. The topological polar surface area (TPSA) is 59.7 Å². The zero-order valence-electron chi connectivity index (χ0n) is 13.8. The summed E-state index contributed by atoms with van der Waals surface area (Å²) in [7, 11) is 1.80. The monoisotopic (exact) mass is 344 g/mol. The van der Waals surface area contributed by atoms with Gasteiger partial charge in [-0.15, -0.1) is 5.10 Å². The number of hydrogen-bond acceptors (Lipinski definition) is 5. The molecule has 130 valence electrons. The van der Waals surface area contributed by atoms with E-state index in [1.54, 1.807) is 23.9 Å². The van der Waals surface area contributed by atoms with Gasteiger partial charge in [0.15, 0.2) is 5.82 Å². The van der Waals surface area contributed by atoms with Crippen molar-refractivity contribution < 1.29 is 8.78 Å². The van der Waals surface area contributed by atoms with E-state index in [-0.39, 0.29) is 0 Å². The van der Waals surface area contributed by atoms with Gasteiger partial charge in [0, 0.05) is 25.2 Å². The van der Waals surface area contributed by atoms with Gasteiger partial charge in [-0.25, -0.2) is 18.7 Å². The Labute approximate surface area is 143 Å². The standard InChI is InChI=1S/C17H18F2N6/c1-24-9-12(22-23-24)10-25(8-11-6-7-11)17-13-4-2-3-5-14(13)20-16(21-17)15(18)19/h2-5,9,11,15H,6-8,10H2,1H3. The molecule has 0 amide bonds. The van der Waals surface area contributed by atoms with Gasteiger partial charge in [0.05, 0.1) is 12.1 Å². The Bertz CT molecular complexity index is 890. The maximum absolute atomic E-state index is 13.3. The van der Waals surface area contributed by atoms with Gasteiger partial charge in [0.2, 0.25) is 0 Å². The summed E-state index contributed by atoms with van der Waals surface area (Å²) in [6.07, 6.45) is 1.43. The fourth-order valence-corrected chi connectivity index (χ4v) is 2.92. The number of aryl methyl sites for hydroxylation is 1. The largest absolute Gasteiger partial charge is 0.350 e. The van der Waals surface area contributed by atoms with E-state index in [4.69, 9.17) is 0 Å². The minimum absolute atomic E-state index is 0.436. The Kier molecular flexibility index (Phi) is 4.03. The van der Waals surface area contributed by atoms with Gasteiger partial charge in [-0.05, 0) is 30.9 Å². The number of halogens is 2. The molecule has 0 radical (unpaired) electrons. The third-order valence-corrected chi connectivity index (χ3v) is 4.27. The fourth-order valence-electron chi connectivity index (χ4n) is 2.92. The summed E-state index contributed by atoms with van der Waals surface area (Å²) in [6.45, 7) is 1.24. The summed E-state index contributed by atoms with van der Waals surface area (Å²) in [4.78, 5) is 10.2. The second kappa shape index (κ2) is 6.34. The quantitative estimate of drug-likeness (QED) is 0.688. The van der Waals surface area contributed by atoms with E-state index in [2.05, 4.69) is 20.3 Å². The molecule has 3 aromatic rings. The van der Waals surface area contributed by atoms with Crippen LogP contribution in [-0.2, 0) is 13.6 Å². The lowest BCUT2D eigenvalue weighted by molar-refractivity contribution is 0.141. The van der Waals surface area contributed by atoms with Crippen LogP contribution in [0.25, 0.3) is 10.9 Å². The van der Waals surface area contributed by atoms with E-state index in [9.17, 15) is 8.78 Å². The summed E-state index contributed by atoms with van der Waals surface area (Å²) in [5, 5.41) is 8.85. The van der Waals surface area contributed by atoms with Crippen LogP contribution in [0.15, 0.2) is 30.5 Å². The lowest BCUT2D eigenvalue weighted by atomic mass is 10.2. The molecule has 0 atom stereocenters. The molecule has 1 aliphatic carbocycles. The third kappa shape index (κ3) is 3.42. The predicted molar refractivity (Wildman–Crippen MR) is 89.3 cm³/mol. The highest BCUT2D eigenvalue weighted by Gasteiger charge is 2.27. The van der Waals surface area contributed by atoms with Crippen LogP contribution in [0, 0.1) is 5.92 Å². The van der Waals surface area contributed by atoms with Gasteiger partial charge in [-0.3, -0.25) is 4.68 Å². The molecule has 4 rings (SSSR count). The van der Waals surface area contributed by atoms with Crippen LogP contribution in [0.2, 0.25) is 0 Å². The van der Waals surface area contributed by atoms with Crippen LogP contribution in [0.4, 0.5) is 14.6 Å². The van der Waals surface area contributed by atoms with Crippen LogP contribution in [-0.4, -0.2) is 31.5 Å². The van der Waals surface area contributed by atoms with E-state index in [0.717, 1.165) is 30.5 Å². The second-order valence-corrected chi connectivity index (χ2v) is 6.43. The summed E-state index contributed by atoms with van der Waals surface area (Å²) >= 11 is 0. The average Bonchev–Trinajstić information content (AvgIpc) is 3.33. The molecular formula is C17H18F2N6. The number of nitrogens with zero attached hydrogens (tertiary/aromatic N) is 6. The number of fused-ring (bicyclic) bond motifs is 1. The minimum atomic E-state index is -2.71. The van der Waals surface area contributed by atoms with Crippen LogP contribution in [0.5, 0.6) is 0 Å². The van der Waals surface area contributed by atoms with Crippen LogP contribution >= 0.6 is 0 Å². The van der Waals surface area contributed by atoms with Crippen LogP contribution < -0.4 is 4.90 Å². The van der Waals surface area contributed by atoms with Crippen molar-refractivity contribution in [3.05, 3.63) is 42.0 Å². The summed E-state index contributed by atoms with van der Waals surface area (Å²) in [5.74, 6) is 0.674. The number of alkyl halides is 2. The lowest BCUT2D eigenvalue weighted by Crippen LogP contribution is -2.27. The van der Waals surface area contributed by atoms with E-state index in [0.29, 0.717) is 23.8 Å². The zero-order chi connectivity index (χ0) is 17.4. The lowest BCUT2D eigenvalue weighted by Gasteiger charge is -2.24. The number of benzene rings is 1. The van der Waals surface area contributed by atoms with Crippen molar-refractivity contribution >= 4 is 16.7 Å². The first-order valence-corrected chi connectivity index (χ1v) is 8.25. The van der Waals surface area contributed by atoms with Crippen LogP contribution in [0.3, 0.4) is 0 Å². The molecule has 8 heteroatoms. The fraction of sp³-hybridized carbons (Fsp3) is 0.412. The van der Waals surface area contributed by atoms with E-state index in [1.807, 2.05) is 23.2 Å². The molecule has 2 aromatic heterocycles. The molecule has 0 N–H and O–H groups in total. The molecule has 0 spiro atoms. The van der Waals surface area contributed by atoms with Gasteiger partial charge >= 0.3 is 0 Å². The van der Waals surface area contributed by atoms with Crippen molar-refractivity contribution in [2.24, 2.45) is 13.0 Å². The summed E-state index contributed by atoms with van der Waals surface area (Å²) in [5.41, 5.74) is 1.31. The van der Waals surface area contributed by atoms with E-state index >= 15 is 0 Å². The number of aromatic nitrogens is 5. The minimum Gasteiger partial charge on any atom is -0.350 e. The van der Waals surface area contributed by atoms with E-state index in [1.165, 1.54) is 0 Å². The average molecular weight is 344 g/mol. The van der Waals surface area contributed by atoms with Crippen molar-refractivity contribution in [1.82, 2.24) is 25.0 Å². The van der Waals surface area contributed by atoms with Gasteiger partial charge in [-0.1, -0.05) is 17.3 Å². The highest BCUT2D eigenvalue weighted by atomic mass is 19.3. The molecular weight excluding hydrogens is 326 g/mol. The maximum atomic E-state index is 13.3. The Balaban J connectivity index is 1.78. The SMILES string of the molecule is Cn1cc(CN(CC2CC2)c2nc(C(F)F)nc3ccccc23)nn1. The third-order valence-electron chi connectivity index (χ3n) is 4.27.